The number of imide groups is 1. The Hall–Kier alpha value is -2.95. The average molecular weight is 517 g/mol. The molecule has 2 N–H and O–H groups in total. The van der Waals surface area contributed by atoms with Crippen molar-refractivity contribution in [1.29, 1.82) is 0 Å². The van der Waals surface area contributed by atoms with Crippen LogP contribution in [0.4, 0.5) is 10.5 Å². The van der Waals surface area contributed by atoms with Crippen molar-refractivity contribution in [2.75, 3.05) is 25.0 Å². The third-order valence-corrected chi connectivity index (χ3v) is 9.11. The first kappa shape index (κ1) is 23.8. The van der Waals surface area contributed by atoms with Crippen molar-refractivity contribution in [1.82, 2.24) is 14.5 Å². The number of carbonyl (C=O) groups excluding carboxylic acids is 3. The molecule has 0 radical (unpaired) electrons. The maximum atomic E-state index is 13.3. The van der Waals surface area contributed by atoms with Gasteiger partial charge in [-0.05, 0) is 55.0 Å². The lowest BCUT2D eigenvalue weighted by molar-refractivity contribution is -0.134. The van der Waals surface area contributed by atoms with Crippen LogP contribution in [0, 0.1) is 0 Å². The van der Waals surface area contributed by atoms with Gasteiger partial charge >= 0.3 is 6.03 Å². The number of amides is 4. The average Bonchev–Trinajstić information content (AvgIpc) is 3.34. The third kappa shape index (κ3) is 4.09. The van der Waals surface area contributed by atoms with E-state index in [1.807, 2.05) is 24.3 Å². The Labute approximate surface area is 208 Å². The van der Waals surface area contributed by atoms with Crippen molar-refractivity contribution in [3.8, 4) is 0 Å². The zero-order chi connectivity index (χ0) is 24.8. The zero-order valence-electron chi connectivity index (χ0n) is 18.9. The van der Waals surface area contributed by atoms with Crippen LogP contribution < -0.4 is 10.6 Å². The molecule has 9 nitrogen and oxygen atoms in total. The summed E-state index contributed by atoms with van der Waals surface area (Å²) in [6, 6.07) is 10.9. The van der Waals surface area contributed by atoms with Gasteiger partial charge in [0, 0.05) is 13.1 Å². The molecule has 0 unspecified atom stereocenters. The minimum absolute atomic E-state index is 0.0237. The second-order valence-corrected chi connectivity index (χ2v) is 11.4. The summed E-state index contributed by atoms with van der Waals surface area (Å²) in [7, 11) is -3.73. The van der Waals surface area contributed by atoms with E-state index in [1.165, 1.54) is 22.5 Å². The first-order valence-corrected chi connectivity index (χ1v) is 13.4. The summed E-state index contributed by atoms with van der Waals surface area (Å²) in [6.07, 6.45) is 3.67. The van der Waals surface area contributed by atoms with E-state index < -0.39 is 40.0 Å². The topological polar surface area (TPSA) is 116 Å². The van der Waals surface area contributed by atoms with Gasteiger partial charge in [0.2, 0.25) is 15.9 Å². The largest absolute Gasteiger partial charge is 0.325 e. The molecule has 5 rings (SSSR count). The standard InChI is InChI=1S/C24H25ClN4O5S/c25-19-9-8-17(35(33,34)28-12-4-1-5-13-28)14-20(19)26-21(30)15-29-22(31)24(27-23(29)32)11-10-16-6-2-3-7-18(16)24/h2-3,6-9,14H,1,4-5,10-13,15H2,(H,26,30)(H,27,32)/t24-/m0/s1. The lowest BCUT2D eigenvalue weighted by Gasteiger charge is -2.26. The molecule has 1 aliphatic carbocycles. The number of halogens is 1. The first-order valence-electron chi connectivity index (χ1n) is 11.5. The van der Waals surface area contributed by atoms with Gasteiger partial charge in [-0.1, -0.05) is 42.3 Å². The molecule has 4 amide bonds. The number of piperidine rings is 1. The zero-order valence-corrected chi connectivity index (χ0v) is 20.5. The Morgan fingerprint density at radius 1 is 1.09 bits per heavy atom. The summed E-state index contributed by atoms with van der Waals surface area (Å²) in [4.78, 5) is 39.7. The first-order chi connectivity index (χ1) is 16.7. The van der Waals surface area contributed by atoms with E-state index >= 15 is 0 Å². The number of carbonyl (C=O) groups is 3. The van der Waals surface area contributed by atoms with Crippen LogP contribution >= 0.6 is 11.6 Å². The maximum Gasteiger partial charge on any atom is 0.325 e. The van der Waals surface area contributed by atoms with E-state index in [-0.39, 0.29) is 15.6 Å². The summed E-state index contributed by atoms with van der Waals surface area (Å²) < 4.78 is 27.4. The van der Waals surface area contributed by atoms with E-state index in [1.54, 1.807) is 0 Å². The van der Waals surface area contributed by atoms with Gasteiger partial charge in [-0.15, -0.1) is 0 Å². The number of sulfonamides is 1. The summed E-state index contributed by atoms with van der Waals surface area (Å²) in [6.45, 7) is 0.376. The SMILES string of the molecule is O=C(CN1C(=O)N[C@]2(CCc3ccccc32)C1=O)Nc1cc(S(=O)(=O)N2CCCCC2)ccc1Cl. The molecule has 0 saturated carbocycles. The van der Waals surface area contributed by atoms with Gasteiger partial charge in [0.1, 0.15) is 12.1 Å². The fraction of sp³-hybridized carbons (Fsp3) is 0.375. The summed E-state index contributed by atoms with van der Waals surface area (Å²) in [5.74, 6) is -1.14. The fourth-order valence-corrected chi connectivity index (χ4v) is 6.79. The molecule has 1 atom stereocenters. The van der Waals surface area contributed by atoms with Gasteiger partial charge in [-0.25, -0.2) is 13.2 Å². The molecule has 2 fully saturated rings. The molecular weight excluding hydrogens is 492 g/mol. The molecule has 184 valence electrons. The van der Waals surface area contributed by atoms with E-state index in [9.17, 15) is 22.8 Å². The molecular formula is C24H25ClN4O5S. The number of aryl methyl sites for hydroxylation is 1. The molecule has 0 aromatic heterocycles. The Bertz CT molecular complexity index is 1320. The number of nitrogens with one attached hydrogen (secondary N) is 2. The van der Waals surface area contributed by atoms with Crippen molar-refractivity contribution in [3.63, 3.8) is 0 Å². The van der Waals surface area contributed by atoms with Gasteiger partial charge in [0.15, 0.2) is 0 Å². The quantitative estimate of drug-likeness (QED) is 0.593. The molecule has 2 saturated heterocycles. The van der Waals surface area contributed by atoms with Crippen LogP contribution in [0.3, 0.4) is 0 Å². The normalized spacial score (nSPS) is 22.4. The monoisotopic (exact) mass is 516 g/mol. The highest BCUT2D eigenvalue weighted by Crippen LogP contribution is 2.41. The van der Waals surface area contributed by atoms with Crippen LogP contribution in [0.25, 0.3) is 0 Å². The number of nitrogens with zero attached hydrogens (tertiary/aromatic N) is 2. The summed E-state index contributed by atoms with van der Waals surface area (Å²) >= 11 is 6.22. The second kappa shape index (κ2) is 8.92. The number of fused-ring (bicyclic) bond motifs is 2. The highest BCUT2D eigenvalue weighted by atomic mass is 35.5. The number of hydrogen-bond donors (Lipinski definition) is 2. The lowest BCUT2D eigenvalue weighted by Crippen LogP contribution is -2.43. The van der Waals surface area contributed by atoms with Gasteiger partial charge in [-0.2, -0.15) is 4.31 Å². The van der Waals surface area contributed by atoms with E-state index in [0.717, 1.165) is 35.3 Å². The van der Waals surface area contributed by atoms with Crippen LogP contribution in [0.15, 0.2) is 47.4 Å². The molecule has 1 spiro atoms. The number of benzene rings is 2. The highest BCUT2D eigenvalue weighted by Gasteiger charge is 2.55. The van der Waals surface area contributed by atoms with Crippen molar-refractivity contribution in [3.05, 3.63) is 58.6 Å². The van der Waals surface area contributed by atoms with Crippen molar-refractivity contribution in [2.24, 2.45) is 0 Å². The second-order valence-electron chi connectivity index (χ2n) is 9.04. The molecule has 2 aliphatic heterocycles. The molecule has 2 heterocycles. The minimum Gasteiger partial charge on any atom is -0.323 e. The number of urea groups is 1. The smallest absolute Gasteiger partial charge is 0.323 e. The maximum absolute atomic E-state index is 13.3. The van der Waals surface area contributed by atoms with E-state index in [2.05, 4.69) is 10.6 Å². The minimum atomic E-state index is -3.73. The lowest BCUT2D eigenvalue weighted by atomic mass is 9.92. The Morgan fingerprint density at radius 2 is 1.83 bits per heavy atom. The Balaban J connectivity index is 1.32. The molecule has 11 heteroatoms. The molecule has 2 aromatic carbocycles. The summed E-state index contributed by atoms with van der Waals surface area (Å²) in [5.41, 5.74) is 0.683. The van der Waals surface area contributed by atoms with E-state index in [0.29, 0.717) is 25.9 Å². The van der Waals surface area contributed by atoms with Crippen LogP contribution in [0.5, 0.6) is 0 Å². The predicted octanol–water partition coefficient (Wildman–Crippen LogP) is 2.85. The van der Waals surface area contributed by atoms with Crippen LogP contribution in [-0.4, -0.2) is 55.1 Å². The molecule has 35 heavy (non-hydrogen) atoms. The van der Waals surface area contributed by atoms with Crippen LogP contribution in [0.2, 0.25) is 5.02 Å². The Kier molecular flexibility index (Phi) is 6.06. The fourth-order valence-electron chi connectivity index (χ4n) is 5.08. The third-order valence-electron chi connectivity index (χ3n) is 6.89. The number of anilines is 1. The highest BCUT2D eigenvalue weighted by molar-refractivity contribution is 7.89. The van der Waals surface area contributed by atoms with Crippen molar-refractivity contribution >= 4 is 45.2 Å². The van der Waals surface area contributed by atoms with Crippen molar-refractivity contribution < 1.29 is 22.8 Å². The van der Waals surface area contributed by atoms with Gasteiger partial charge < -0.3 is 10.6 Å². The van der Waals surface area contributed by atoms with Gasteiger partial charge in [-0.3, -0.25) is 14.5 Å². The Morgan fingerprint density at radius 3 is 2.60 bits per heavy atom. The van der Waals surface area contributed by atoms with Crippen LogP contribution in [-0.2, 0) is 31.6 Å². The molecule has 3 aliphatic rings. The van der Waals surface area contributed by atoms with Gasteiger partial charge in [0.25, 0.3) is 5.91 Å². The molecule has 2 aromatic rings. The van der Waals surface area contributed by atoms with Gasteiger partial charge in [0.05, 0.1) is 15.6 Å². The van der Waals surface area contributed by atoms with E-state index in [4.69, 9.17) is 11.6 Å². The number of hydrogen-bond acceptors (Lipinski definition) is 5. The predicted molar refractivity (Wildman–Crippen MR) is 129 cm³/mol. The van der Waals surface area contributed by atoms with Crippen LogP contribution in [0.1, 0.15) is 36.8 Å². The van der Waals surface area contributed by atoms with Crippen molar-refractivity contribution in [2.45, 2.75) is 42.5 Å². The molecule has 0 bridgehead atoms. The number of rotatable bonds is 5. The summed E-state index contributed by atoms with van der Waals surface area (Å²) in [5, 5.41) is 5.49.